The molecule has 5 heteroatoms. The van der Waals surface area contributed by atoms with Gasteiger partial charge in [-0.2, -0.15) is 0 Å². The van der Waals surface area contributed by atoms with Crippen LogP contribution in [0.3, 0.4) is 0 Å². The van der Waals surface area contributed by atoms with Crippen LogP contribution in [0.25, 0.3) is 5.70 Å². The molecule has 0 radical (unpaired) electrons. The van der Waals surface area contributed by atoms with E-state index >= 15 is 0 Å². The maximum atomic E-state index is 14.2. The Balaban J connectivity index is 2.40. The van der Waals surface area contributed by atoms with Crippen molar-refractivity contribution in [2.75, 3.05) is 13.7 Å². The van der Waals surface area contributed by atoms with E-state index in [1.807, 2.05) is 0 Å². The predicted molar refractivity (Wildman–Crippen MR) is 76.6 cm³/mol. The van der Waals surface area contributed by atoms with E-state index in [2.05, 4.69) is 6.58 Å². The highest BCUT2D eigenvalue weighted by atomic mass is 19.1. The first-order chi connectivity index (χ1) is 9.95. The van der Waals surface area contributed by atoms with Crippen molar-refractivity contribution in [1.82, 2.24) is 4.90 Å². The van der Waals surface area contributed by atoms with E-state index in [4.69, 9.17) is 4.74 Å². The first kappa shape index (κ1) is 15.2. The molecule has 0 saturated carbocycles. The summed E-state index contributed by atoms with van der Waals surface area (Å²) in [5.74, 6) is -1.75. The van der Waals surface area contributed by atoms with Gasteiger partial charge in [-0.3, -0.25) is 4.79 Å². The second-order valence-electron chi connectivity index (χ2n) is 4.98. The molecule has 112 valence electrons. The van der Waals surface area contributed by atoms with Crippen LogP contribution in [0, 0.1) is 17.6 Å². The van der Waals surface area contributed by atoms with Gasteiger partial charge in [0.25, 0.3) is 0 Å². The van der Waals surface area contributed by atoms with Gasteiger partial charge in [0, 0.05) is 25.1 Å². The van der Waals surface area contributed by atoms with Crippen LogP contribution < -0.4 is 4.74 Å². The third-order valence-electron chi connectivity index (χ3n) is 3.42. The van der Waals surface area contributed by atoms with E-state index in [1.54, 1.807) is 13.0 Å². The molecule has 1 aromatic carbocycles. The van der Waals surface area contributed by atoms with Crippen LogP contribution in [0.1, 0.15) is 18.9 Å². The summed E-state index contributed by atoms with van der Waals surface area (Å²) >= 11 is 0. The Morgan fingerprint density at radius 3 is 2.62 bits per heavy atom. The Hall–Kier alpha value is -2.17. The van der Waals surface area contributed by atoms with Crippen LogP contribution in [0.5, 0.6) is 5.75 Å². The SMILES string of the molecule is C=CCOc1cc(F)c(C2=CCC(C)C(=O)N2C)c(F)c1. The van der Waals surface area contributed by atoms with Gasteiger partial charge in [-0.25, -0.2) is 8.78 Å². The van der Waals surface area contributed by atoms with Crippen LogP contribution >= 0.6 is 0 Å². The molecule has 2 rings (SSSR count). The molecule has 0 bridgehead atoms. The van der Waals surface area contributed by atoms with E-state index in [0.29, 0.717) is 6.42 Å². The normalized spacial score (nSPS) is 18.5. The second-order valence-corrected chi connectivity index (χ2v) is 4.98. The molecule has 0 fully saturated rings. The van der Waals surface area contributed by atoms with Crippen molar-refractivity contribution in [1.29, 1.82) is 0 Å². The standard InChI is InChI=1S/C16H17F2NO2/c1-4-7-21-11-8-12(17)15(13(18)9-11)14-6-5-10(2)16(20)19(14)3/h4,6,8-10H,1,5,7H2,2-3H3. The highest BCUT2D eigenvalue weighted by Gasteiger charge is 2.28. The first-order valence-corrected chi connectivity index (χ1v) is 6.66. The van der Waals surface area contributed by atoms with Gasteiger partial charge in [0.15, 0.2) is 0 Å². The van der Waals surface area contributed by atoms with Gasteiger partial charge in [-0.05, 0) is 6.42 Å². The topological polar surface area (TPSA) is 29.5 Å². The molecular formula is C16H17F2NO2. The largest absolute Gasteiger partial charge is 0.489 e. The molecule has 0 N–H and O–H groups in total. The lowest BCUT2D eigenvalue weighted by Crippen LogP contribution is -2.34. The summed E-state index contributed by atoms with van der Waals surface area (Å²) in [5.41, 5.74) is 0.0482. The van der Waals surface area contributed by atoms with Gasteiger partial charge in [0.1, 0.15) is 24.0 Å². The fourth-order valence-corrected chi connectivity index (χ4v) is 2.28. The minimum Gasteiger partial charge on any atom is -0.489 e. The highest BCUT2D eigenvalue weighted by molar-refractivity contribution is 5.90. The zero-order valence-electron chi connectivity index (χ0n) is 12.0. The lowest BCUT2D eigenvalue weighted by atomic mass is 9.97. The van der Waals surface area contributed by atoms with Gasteiger partial charge < -0.3 is 9.64 Å². The second kappa shape index (κ2) is 6.08. The molecule has 21 heavy (non-hydrogen) atoms. The van der Waals surface area contributed by atoms with E-state index in [1.165, 1.54) is 18.0 Å². The van der Waals surface area contributed by atoms with Crippen LogP contribution in [-0.2, 0) is 4.79 Å². The number of carbonyl (C=O) groups excluding carboxylic acids is 1. The van der Waals surface area contributed by atoms with Crippen molar-refractivity contribution < 1.29 is 18.3 Å². The number of hydrogen-bond donors (Lipinski definition) is 0. The van der Waals surface area contributed by atoms with Gasteiger partial charge in [-0.15, -0.1) is 0 Å². The van der Waals surface area contributed by atoms with Crippen molar-refractivity contribution in [3.63, 3.8) is 0 Å². The number of ether oxygens (including phenoxy) is 1. The molecular weight excluding hydrogens is 276 g/mol. The quantitative estimate of drug-likeness (QED) is 0.797. The van der Waals surface area contributed by atoms with Gasteiger partial charge in [0.05, 0.1) is 11.3 Å². The Morgan fingerprint density at radius 2 is 2.05 bits per heavy atom. The molecule has 1 aliphatic heterocycles. The van der Waals surface area contributed by atoms with Crippen LogP contribution in [0.15, 0.2) is 30.9 Å². The Bertz CT molecular complexity index is 587. The summed E-state index contributed by atoms with van der Waals surface area (Å²) in [7, 11) is 1.52. The number of allylic oxidation sites excluding steroid dienone is 1. The predicted octanol–water partition coefficient (Wildman–Crippen LogP) is 3.37. The Labute approximate surface area is 122 Å². The fraction of sp³-hybridized carbons (Fsp3) is 0.312. The molecule has 1 amide bonds. The lowest BCUT2D eigenvalue weighted by molar-refractivity contribution is -0.131. The minimum absolute atomic E-state index is 0.0902. The number of nitrogens with zero attached hydrogens (tertiary/aromatic N) is 1. The molecule has 0 saturated heterocycles. The molecule has 0 aliphatic carbocycles. The average Bonchev–Trinajstić information content (AvgIpc) is 2.44. The number of amides is 1. The number of benzene rings is 1. The minimum atomic E-state index is -0.755. The molecule has 1 atom stereocenters. The van der Waals surface area contributed by atoms with Crippen molar-refractivity contribution in [2.24, 2.45) is 5.92 Å². The van der Waals surface area contributed by atoms with Gasteiger partial charge in [0.2, 0.25) is 5.91 Å². The molecule has 0 aromatic heterocycles. The third-order valence-corrected chi connectivity index (χ3v) is 3.42. The molecule has 1 aromatic rings. The smallest absolute Gasteiger partial charge is 0.229 e. The highest BCUT2D eigenvalue weighted by Crippen LogP contribution is 2.32. The maximum absolute atomic E-state index is 14.2. The molecule has 1 heterocycles. The van der Waals surface area contributed by atoms with Crippen LogP contribution in [0.4, 0.5) is 8.78 Å². The summed E-state index contributed by atoms with van der Waals surface area (Å²) in [6, 6.07) is 2.22. The van der Waals surface area contributed by atoms with Crippen LogP contribution in [0.2, 0.25) is 0 Å². The molecule has 1 aliphatic rings. The number of hydrogen-bond acceptors (Lipinski definition) is 2. The number of halogens is 2. The summed E-state index contributed by atoms with van der Waals surface area (Å²) in [5, 5.41) is 0. The summed E-state index contributed by atoms with van der Waals surface area (Å²) < 4.78 is 33.5. The van der Waals surface area contributed by atoms with E-state index in [0.717, 1.165) is 12.1 Å². The van der Waals surface area contributed by atoms with Gasteiger partial charge in [-0.1, -0.05) is 25.7 Å². The molecule has 1 unspecified atom stereocenters. The molecule has 0 spiro atoms. The summed E-state index contributed by atoms with van der Waals surface area (Å²) in [4.78, 5) is 13.2. The Morgan fingerprint density at radius 1 is 1.43 bits per heavy atom. The van der Waals surface area contributed by atoms with Crippen LogP contribution in [-0.4, -0.2) is 24.5 Å². The lowest BCUT2D eigenvalue weighted by Gasteiger charge is -2.29. The summed E-state index contributed by atoms with van der Waals surface area (Å²) in [6.07, 6.45) is 3.63. The molecule has 3 nitrogen and oxygen atoms in total. The van der Waals surface area contributed by atoms with Crippen molar-refractivity contribution in [3.8, 4) is 5.75 Å². The van der Waals surface area contributed by atoms with E-state index < -0.39 is 11.6 Å². The number of rotatable bonds is 4. The fourth-order valence-electron chi connectivity index (χ4n) is 2.28. The van der Waals surface area contributed by atoms with Gasteiger partial charge >= 0.3 is 0 Å². The van der Waals surface area contributed by atoms with Crippen molar-refractivity contribution in [2.45, 2.75) is 13.3 Å². The first-order valence-electron chi connectivity index (χ1n) is 6.66. The van der Waals surface area contributed by atoms with Crippen molar-refractivity contribution >= 4 is 11.6 Å². The summed E-state index contributed by atoms with van der Waals surface area (Å²) in [6.45, 7) is 5.42. The zero-order chi connectivity index (χ0) is 15.6. The monoisotopic (exact) mass is 293 g/mol. The Kier molecular flexibility index (Phi) is 4.40. The van der Waals surface area contributed by atoms with Crippen molar-refractivity contribution in [3.05, 3.63) is 48.1 Å². The average molecular weight is 293 g/mol. The maximum Gasteiger partial charge on any atom is 0.229 e. The zero-order valence-corrected chi connectivity index (χ0v) is 12.0. The third kappa shape index (κ3) is 2.96. The van der Waals surface area contributed by atoms with E-state index in [-0.39, 0.29) is 35.4 Å². The van der Waals surface area contributed by atoms with E-state index in [9.17, 15) is 13.6 Å². The number of carbonyl (C=O) groups is 1.